The topological polar surface area (TPSA) is 107 Å². The summed E-state index contributed by atoms with van der Waals surface area (Å²) in [4.78, 5) is 26.0. The van der Waals surface area contributed by atoms with Crippen molar-refractivity contribution in [2.45, 2.75) is 30.6 Å². The van der Waals surface area contributed by atoms with Crippen molar-refractivity contribution in [1.29, 1.82) is 0 Å². The summed E-state index contributed by atoms with van der Waals surface area (Å²) in [5.74, 6) is -1.89. The lowest BCUT2D eigenvalue weighted by Gasteiger charge is -2.25. The number of rotatable bonds is 6. The van der Waals surface area contributed by atoms with Crippen LogP contribution in [0.3, 0.4) is 0 Å². The van der Waals surface area contributed by atoms with Gasteiger partial charge in [-0.2, -0.15) is 4.31 Å². The van der Waals surface area contributed by atoms with E-state index in [4.69, 9.17) is 0 Å². The van der Waals surface area contributed by atoms with Crippen LogP contribution < -0.4 is 10.2 Å². The summed E-state index contributed by atoms with van der Waals surface area (Å²) in [7, 11) is -0.110. The molecule has 1 aromatic carbocycles. The minimum absolute atomic E-state index is 0.0171. The monoisotopic (exact) mass is 437 g/mol. The molecule has 0 radical (unpaired) electrons. The Hall–Kier alpha value is -2.43. The number of aliphatic carboxylic acids is 1. The van der Waals surface area contributed by atoms with Gasteiger partial charge in [0.15, 0.2) is 0 Å². The van der Waals surface area contributed by atoms with E-state index >= 15 is 0 Å². The molecule has 2 heterocycles. The summed E-state index contributed by atoms with van der Waals surface area (Å²) >= 11 is 0.942. The Kier molecular flexibility index (Phi) is 5.70. The van der Waals surface area contributed by atoms with Crippen molar-refractivity contribution in [3.63, 3.8) is 0 Å². The molecule has 0 saturated heterocycles. The van der Waals surface area contributed by atoms with Gasteiger partial charge in [0, 0.05) is 37.5 Å². The number of nitrogens with one attached hydrogen (secondary N) is 1. The zero-order valence-electron chi connectivity index (χ0n) is 16.5. The predicted molar refractivity (Wildman–Crippen MR) is 112 cm³/mol. The Morgan fingerprint density at radius 3 is 2.31 bits per heavy atom. The Balaban J connectivity index is 1.80. The lowest BCUT2D eigenvalue weighted by Crippen LogP contribution is -2.44. The first-order chi connectivity index (χ1) is 13.5. The summed E-state index contributed by atoms with van der Waals surface area (Å²) in [5.41, 5.74) is 1.92. The molecule has 1 aromatic heterocycles. The van der Waals surface area contributed by atoms with E-state index in [0.29, 0.717) is 16.1 Å². The van der Waals surface area contributed by atoms with E-state index < -0.39 is 22.0 Å². The van der Waals surface area contributed by atoms with E-state index in [1.807, 2.05) is 31.1 Å². The summed E-state index contributed by atoms with van der Waals surface area (Å²) in [6.07, 6.45) is 0. The van der Waals surface area contributed by atoms with E-state index in [1.54, 1.807) is 32.0 Å². The number of nitrogens with zero attached hydrogens (tertiary/aromatic N) is 2. The average Bonchev–Trinajstić information content (AvgIpc) is 3.12. The van der Waals surface area contributed by atoms with E-state index in [1.165, 1.54) is 0 Å². The molecule has 156 valence electrons. The first-order valence-electron chi connectivity index (χ1n) is 8.98. The molecule has 1 unspecified atom stereocenters. The maximum atomic E-state index is 12.9. The second-order valence-corrected chi connectivity index (χ2v) is 10.5. The molecule has 29 heavy (non-hydrogen) atoms. The fraction of sp³-hybridized carbons (Fsp3) is 0.368. The van der Waals surface area contributed by atoms with Crippen LogP contribution in [-0.2, 0) is 21.4 Å². The van der Waals surface area contributed by atoms with Gasteiger partial charge in [0.25, 0.3) is 15.9 Å². The molecule has 1 aliphatic heterocycles. The van der Waals surface area contributed by atoms with Gasteiger partial charge >= 0.3 is 5.97 Å². The first-order valence-corrected chi connectivity index (χ1v) is 11.2. The van der Waals surface area contributed by atoms with Crippen LogP contribution in [0.25, 0.3) is 0 Å². The number of fused-ring (bicyclic) bond motifs is 1. The van der Waals surface area contributed by atoms with Crippen molar-refractivity contribution < 1.29 is 23.1 Å². The molecule has 0 aliphatic carbocycles. The number of hydrogen-bond acceptors (Lipinski definition) is 6. The standard InChI is InChI=1S/C19H23N3O5S2/c1-11(2)16(18(24)25)22-10-13-9-15(28-19(13)29(22,26)27)20-17(23)12-5-7-14(8-6-12)21(3)4/h5-9,11,16H,10H2,1-4H3,(H,20,23)(H,24,25). The van der Waals surface area contributed by atoms with Gasteiger partial charge < -0.3 is 15.3 Å². The van der Waals surface area contributed by atoms with Crippen molar-refractivity contribution >= 4 is 43.9 Å². The Bertz CT molecular complexity index is 1040. The number of carbonyl (C=O) groups excluding carboxylic acids is 1. The molecule has 0 bridgehead atoms. The lowest BCUT2D eigenvalue weighted by molar-refractivity contribution is -0.143. The summed E-state index contributed by atoms with van der Waals surface area (Å²) in [6.45, 7) is 3.33. The molecule has 3 rings (SSSR count). The zero-order valence-corrected chi connectivity index (χ0v) is 18.2. The Morgan fingerprint density at radius 1 is 1.21 bits per heavy atom. The number of hydrogen-bond donors (Lipinski definition) is 2. The van der Waals surface area contributed by atoms with Gasteiger partial charge in [-0.3, -0.25) is 9.59 Å². The summed E-state index contributed by atoms with van der Waals surface area (Å²) in [6, 6.07) is 7.51. The fourth-order valence-electron chi connectivity index (χ4n) is 3.25. The highest BCUT2D eigenvalue weighted by Crippen LogP contribution is 2.41. The van der Waals surface area contributed by atoms with Crippen LogP contribution in [0.15, 0.2) is 34.5 Å². The van der Waals surface area contributed by atoms with Crippen LogP contribution in [0, 0.1) is 5.92 Å². The van der Waals surface area contributed by atoms with Crippen LogP contribution >= 0.6 is 11.3 Å². The van der Waals surface area contributed by atoms with E-state index in [-0.39, 0.29) is 22.6 Å². The highest BCUT2D eigenvalue weighted by atomic mass is 32.2. The molecule has 1 aliphatic rings. The lowest BCUT2D eigenvalue weighted by atomic mass is 10.0. The number of thiophene rings is 1. The highest BCUT2D eigenvalue weighted by Gasteiger charge is 2.45. The van der Waals surface area contributed by atoms with Crippen LogP contribution in [-0.4, -0.2) is 49.8 Å². The number of carboxylic acids is 1. The SMILES string of the molecule is CC(C)C(C(=O)O)N1Cc2cc(NC(=O)c3ccc(N(C)C)cc3)sc2S1(=O)=O. The maximum Gasteiger partial charge on any atom is 0.322 e. The van der Waals surface area contributed by atoms with Crippen LogP contribution in [0.4, 0.5) is 10.7 Å². The smallest absolute Gasteiger partial charge is 0.322 e. The van der Waals surface area contributed by atoms with Crippen molar-refractivity contribution in [1.82, 2.24) is 4.31 Å². The molecule has 1 amide bonds. The number of carboxylic acid groups (broad SMARTS) is 1. The highest BCUT2D eigenvalue weighted by molar-refractivity contribution is 7.91. The molecule has 2 N–H and O–H groups in total. The molecular weight excluding hydrogens is 414 g/mol. The molecule has 1 atom stereocenters. The van der Waals surface area contributed by atoms with E-state index in [0.717, 1.165) is 21.3 Å². The minimum atomic E-state index is -3.92. The molecular formula is C19H23N3O5S2. The zero-order chi connectivity index (χ0) is 21.5. The first kappa shape index (κ1) is 21.3. The van der Waals surface area contributed by atoms with Crippen LogP contribution in [0.1, 0.15) is 29.8 Å². The Morgan fingerprint density at radius 2 is 1.83 bits per heavy atom. The summed E-state index contributed by atoms with van der Waals surface area (Å²) < 4.78 is 26.8. The van der Waals surface area contributed by atoms with Gasteiger partial charge in [0.2, 0.25) is 0 Å². The molecule has 8 nitrogen and oxygen atoms in total. The van der Waals surface area contributed by atoms with Crippen molar-refractivity contribution in [2.75, 3.05) is 24.3 Å². The van der Waals surface area contributed by atoms with Crippen molar-refractivity contribution in [3.05, 3.63) is 41.5 Å². The molecule has 0 saturated carbocycles. The van der Waals surface area contributed by atoms with Gasteiger partial charge in [0.1, 0.15) is 10.3 Å². The van der Waals surface area contributed by atoms with Gasteiger partial charge in [-0.15, -0.1) is 11.3 Å². The number of benzene rings is 1. The Labute approximate surface area is 173 Å². The third-order valence-corrected chi connectivity index (χ3v) is 8.19. The largest absolute Gasteiger partial charge is 0.480 e. The number of amides is 1. The van der Waals surface area contributed by atoms with Crippen LogP contribution in [0.5, 0.6) is 0 Å². The number of sulfonamides is 1. The van der Waals surface area contributed by atoms with Gasteiger partial charge in [-0.25, -0.2) is 8.42 Å². The second kappa shape index (κ2) is 7.77. The van der Waals surface area contributed by atoms with Crippen molar-refractivity contribution in [3.8, 4) is 0 Å². The number of carbonyl (C=O) groups is 2. The van der Waals surface area contributed by atoms with Gasteiger partial charge in [-0.05, 0) is 36.2 Å². The third-order valence-electron chi connectivity index (χ3n) is 4.72. The number of anilines is 2. The molecule has 0 fully saturated rings. The third kappa shape index (κ3) is 4.00. The molecule has 0 spiro atoms. The second-order valence-electron chi connectivity index (χ2n) is 7.40. The van der Waals surface area contributed by atoms with E-state index in [9.17, 15) is 23.1 Å². The normalized spacial score (nSPS) is 16.4. The quantitative estimate of drug-likeness (QED) is 0.720. The van der Waals surface area contributed by atoms with Gasteiger partial charge in [0.05, 0.1) is 5.00 Å². The van der Waals surface area contributed by atoms with Crippen LogP contribution in [0.2, 0.25) is 0 Å². The average molecular weight is 438 g/mol. The van der Waals surface area contributed by atoms with Gasteiger partial charge in [-0.1, -0.05) is 13.8 Å². The maximum absolute atomic E-state index is 12.9. The molecule has 2 aromatic rings. The molecule has 10 heteroatoms. The summed E-state index contributed by atoms with van der Waals surface area (Å²) in [5, 5.41) is 12.6. The van der Waals surface area contributed by atoms with E-state index in [2.05, 4.69) is 5.32 Å². The fourth-order valence-corrected chi connectivity index (χ4v) is 6.63. The van der Waals surface area contributed by atoms with Crippen molar-refractivity contribution in [2.24, 2.45) is 5.92 Å². The predicted octanol–water partition coefficient (Wildman–Crippen LogP) is 2.68. The minimum Gasteiger partial charge on any atom is -0.480 e.